The van der Waals surface area contributed by atoms with Crippen LogP contribution in [0.4, 0.5) is 5.13 Å². The molecule has 0 aliphatic heterocycles. The van der Waals surface area contributed by atoms with E-state index in [9.17, 15) is 9.90 Å². The van der Waals surface area contributed by atoms with E-state index in [4.69, 9.17) is 5.11 Å². The molecule has 0 radical (unpaired) electrons. The summed E-state index contributed by atoms with van der Waals surface area (Å²) in [4.78, 5) is 18.6. The van der Waals surface area contributed by atoms with Crippen molar-refractivity contribution in [3.05, 3.63) is 35.0 Å². The molecule has 19 heavy (non-hydrogen) atoms. The van der Waals surface area contributed by atoms with Crippen molar-refractivity contribution in [2.75, 3.05) is 0 Å². The molecule has 0 aliphatic carbocycles. The van der Waals surface area contributed by atoms with Gasteiger partial charge in [-0.05, 0) is 12.1 Å². The predicted molar refractivity (Wildman–Crippen MR) is 67.6 cm³/mol. The number of aliphatic carboxylic acids is 1. The summed E-state index contributed by atoms with van der Waals surface area (Å²) in [5.74, 6) is -1.34. The summed E-state index contributed by atoms with van der Waals surface area (Å²) < 4.78 is 0. The minimum absolute atomic E-state index is 0.227. The standard InChI is InChI=1S/C11H10N4O3S/c16-9(17)5-8-10(18)14-11(19-8)15-13-6-7-3-1-2-4-12-7/h1-4,18H,5-6H2,(H,16,17). The van der Waals surface area contributed by atoms with E-state index in [-0.39, 0.29) is 22.3 Å². The Kier molecular flexibility index (Phi) is 4.14. The van der Waals surface area contributed by atoms with E-state index in [0.717, 1.165) is 17.0 Å². The third-order valence-corrected chi connectivity index (χ3v) is 3.02. The molecule has 0 unspecified atom stereocenters. The van der Waals surface area contributed by atoms with E-state index in [0.29, 0.717) is 6.54 Å². The van der Waals surface area contributed by atoms with Gasteiger partial charge in [-0.2, -0.15) is 10.1 Å². The number of thiazole rings is 1. The van der Waals surface area contributed by atoms with Crippen LogP contribution in [-0.4, -0.2) is 26.2 Å². The van der Waals surface area contributed by atoms with Crippen LogP contribution in [-0.2, 0) is 17.8 Å². The van der Waals surface area contributed by atoms with Crippen molar-refractivity contribution < 1.29 is 15.0 Å². The SMILES string of the molecule is O=C(O)Cc1sc(N=NCc2ccccn2)nc1O. The number of hydrogen-bond donors (Lipinski definition) is 2. The average molecular weight is 278 g/mol. The molecule has 0 amide bonds. The highest BCUT2D eigenvalue weighted by Crippen LogP contribution is 2.30. The van der Waals surface area contributed by atoms with Crippen LogP contribution in [0.2, 0.25) is 0 Å². The molecule has 0 atom stereocenters. The van der Waals surface area contributed by atoms with Gasteiger partial charge in [-0.15, -0.1) is 5.11 Å². The van der Waals surface area contributed by atoms with E-state index in [2.05, 4.69) is 20.2 Å². The zero-order valence-electron chi connectivity index (χ0n) is 9.72. The molecular formula is C11H10N4O3S. The molecule has 0 bridgehead atoms. The third-order valence-electron chi connectivity index (χ3n) is 2.09. The van der Waals surface area contributed by atoms with Crippen molar-refractivity contribution in [1.29, 1.82) is 0 Å². The second kappa shape index (κ2) is 6.01. The highest BCUT2D eigenvalue weighted by molar-refractivity contribution is 7.15. The Morgan fingerprint density at radius 3 is 2.95 bits per heavy atom. The first-order valence-electron chi connectivity index (χ1n) is 5.33. The number of carbonyl (C=O) groups is 1. The quantitative estimate of drug-likeness (QED) is 0.815. The molecule has 0 saturated carbocycles. The van der Waals surface area contributed by atoms with Crippen LogP contribution >= 0.6 is 11.3 Å². The number of carboxylic acid groups (broad SMARTS) is 1. The largest absolute Gasteiger partial charge is 0.492 e. The van der Waals surface area contributed by atoms with Crippen LogP contribution in [0, 0.1) is 0 Å². The maximum absolute atomic E-state index is 10.5. The lowest BCUT2D eigenvalue weighted by molar-refractivity contribution is -0.136. The number of azo groups is 1. The molecule has 0 spiro atoms. The van der Waals surface area contributed by atoms with Gasteiger partial charge in [0.05, 0.1) is 17.0 Å². The number of carboxylic acids is 1. The van der Waals surface area contributed by atoms with Gasteiger partial charge in [0.25, 0.3) is 0 Å². The Morgan fingerprint density at radius 1 is 1.42 bits per heavy atom. The van der Waals surface area contributed by atoms with Gasteiger partial charge < -0.3 is 10.2 Å². The summed E-state index contributed by atoms with van der Waals surface area (Å²) in [6.07, 6.45) is 1.38. The molecule has 0 saturated heterocycles. The highest BCUT2D eigenvalue weighted by atomic mass is 32.1. The summed E-state index contributed by atoms with van der Waals surface area (Å²) in [6.45, 7) is 0.301. The minimum atomic E-state index is -1.03. The molecule has 8 heteroatoms. The highest BCUT2D eigenvalue weighted by Gasteiger charge is 2.12. The molecule has 2 aromatic rings. The van der Waals surface area contributed by atoms with E-state index >= 15 is 0 Å². The second-order valence-corrected chi connectivity index (χ2v) is 4.60. The first-order chi connectivity index (χ1) is 9.15. The summed E-state index contributed by atoms with van der Waals surface area (Å²) in [5.41, 5.74) is 0.762. The molecule has 0 aromatic carbocycles. The van der Waals surface area contributed by atoms with Crippen LogP contribution in [0.15, 0.2) is 34.6 Å². The van der Waals surface area contributed by atoms with Crippen LogP contribution in [0.3, 0.4) is 0 Å². The van der Waals surface area contributed by atoms with Crippen molar-refractivity contribution in [3.8, 4) is 5.88 Å². The Hall–Kier alpha value is -2.35. The molecule has 2 N–H and O–H groups in total. The Labute approximate surface area is 112 Å². The number of aromatic hydroxyl groups is 1. The number of nitrogens with zero attached hydrogens (tertiary/aromatic N) is 4. The lowest BCUT2D eigenvalue weighted by atomic mass is 10.4. The van der Waals surface area contributed by atoms with Gasteiger partial charge in [0.2, 0.25) is 11.0 Å². The first kappa shape index (κ1) is 13.1. The predicted octanol–water partition coefficient (Wildman–Crippen LogP) is 2.15. The summed E-state index contributed by atoms with van der Waals surface area (Å²) in [6, 6.07) is 5.46. The van der Waals surface area contributed by atoms with Crippen molar-refractivity contribution in [1.82, 2.24) is 9.97 Å². The van der Waals surface area contributed by atoms with E-state index in [1.165, 1.54) is 0 Å². The van der Waals surface area contributed by atoms with Gasteiger partial charge >= 0.3 is 5.97 Å². The van der Waals surface area contributed by atoms with Gasteiger partial charge in [-0.1, -0.05) is 17.4 Å². The van der Waals surface area contributed by atoms with Gasteiger partial charge in [0, 0.05) is 6.20 Å². The van der Waals surface area contributed by atoms with Crippen molar-refractivity contribution in [2.24, 2.45) is 10.2 Å². The number of hydrogen-bond acceptors (Lipinski definition) is 7. The van der Waals surface area contributed by atoms with Crippen molar-refractivity contribution in [2.45, 2.75) is 13.0 Å². The molecule has 0 aliphatic rings. The Balaban J connectivity index is 2.01. The van der Waals surface area contributed by atoms with Crippen molar-refractivity contribution in [3.63, 3.8) is 0 Å². The molecule has 0 fully saturated rings. The molecule has 2 rings (SSSR count). The van der Waals surface area contributed by atoms with E-state index in [1.54, 1.807) is 12.3 Å². The number of aromatic nitrogens is 2. The second-order valence-electron chi connectivity index (χ2n) is 3.53. The lowest BCUT2D eigenvalue weighted by Crippen LogP contribution is -1.97. The number of rotatable bonds is 5. The smallest absolute Gasteiger partial charge is 0.308 e. The summed E-state index contributed by atoms with van der Waals surface area (Å²) in [5, 5.41) is 26.0. The molecule has 7 nitrogen and oxygen atoms in total. The minimum Gasteiger partial charge on any atom is -0.492 e. The summed E-state index contributed by atoms with van der Waals surface area (Å²) >= 11 is 1.00. The zero-order chi connectivity index (χ0) is 13.7. The van der Waals surface area contributed by atoms with Crippen LogP contribution in [0.5, 0.6) is 5.88 Å². The van der Waals surface area contributed by atoms with Crippen LogP contribution < -0.4 is 0 Å². The normalized spacial score (nSPS) is 10.9. The van der Waals surface area contributed by atoms with Gasteiger partial charge in [-0.25, -0.2) is 0 Å². The van der Waals surface area contributed by atoms with E-state index < -0.39 is 5.97 Å². The fraction of sp³-hybridized carbons (Fsp3) is 0.182. The first-order valence-corrected chi connectivity index (χ1v) is 6.14. The van der Waals surface area contributed by atoms with Crippen LogP contribution in [0.25, 0.3) is 0 Å². The van der Waals surface area contributed by atoms with Crippen molar-refractivity contribution >= 4 is 22.4 Å². The van der Waals surface area contributed by atoms with Crippen LogP contribution in [0.1, 0.15) is 10.6 Å². The molecule has 98 valence electrons. The fourth-order valence-electron chi connectivity index (χ4n) is 1.29. The average Bonchev–Trinajstić information content (AvgIpc) is 2.70. The lowest BCUT2D eigenvalue weighted by Gasteiger charge is -1.91. The van der Waals surface area contributed by atoms with Gasteiger partial charge in [0.1, 0.15) is 6.54 Å². The fourth-order valence-corrected chi connectivity index (χ4v) is 2.07. The Bertz CT molecular complexity index is 597. The molecule has 2 heterocycles. The Morgan fingerprint density at radius 2 is 2.26 bits per heavy atom. The number of pyridine rings is 1. The van der Waals surface area contributed by atoms with E-state index in [1.807, 2.05) is 12.1 Å². The summed E-state index contributed by atoms with van der Waals surface area (Å²) in [7, 11) is 0. The van der Waals surface area contributed by atoms with Gasteiger partial charge in [-0.3, -0.25) is 9.78 Å². The zero-order valence-corrected chi connectivity index (χ0v) is 10.5. The topological polar surface area (TPSA) is 108 Å². The third kappa shape index (κ3) is 3.81. The van der Waals surface area contributed by atoms with Gasteiger partial charge in [0.15, 0.2) is 0 Å². The maximum Gasteiger partial charge on any atom is 0.308 e. The molecular weight excluding hydrogens is 268 g/mol. The monoisotopic (exact) mass is 278 g/mol. The maximum atomic E-state index is 10.5. The molecule has 2 aromatic heterocycles.